The number of rotatable bonds is 1. The van der Waals surface area contributed by atoms with Crippen molar-refractivity contribution in [2.24, 2.45) is 0 Å². The first-order chi connectivity index (χ1) is 6.22. The van der Waals surface area contributed by atoms with Gasteiger partial charge in [-0.15, -0.1) is 0 Å². The summed E-state index contributed by atoms with van der Waals surface area (Å²) in [6.07, 6.45) is 0. The summed E-state index contributed by atoms with van der Waals surface area (Å²) in [4.78, 5) is 0. The molecule has 13 heavy (non-hydrogen) atoms. The van der Waals surface area contributed by atoms with E-state index in [0.717, 1.165) is 12.1 Å². The number of phenolic OH excluding ortho intramolecular Hbond substituents is 1. The molecule has 1 unspecified atom stereocenters. The Morgan fingerprint density at radius 2 is 2.23 bits per heavy atom. The third-order valence-corrected chi connectivity index (χ3v) is 2.37. The van der Waals surface area contributed by atoms with Crippen molar-refractivity contribution in [1.82, 2.24) is 5.32 Å². The summed E-state index contributed by atoms with van der Waals surface area (Å²) in [6.45, 7) is 3.44. The Bertz CT molecular complexity index is 306. The number of aromatic hydroxyl groups is 1. The first kappa shape index (κ1) is 8.53. The summed E-state index contributed by atoms with van der Waals surface area (Å²) < 4.78 is 5.54. The van der Waals surface area contributed by atoms with Gasteiger partial charge in [0.15, 0.2) is 0 Å². The van der Waals surface area contributed by atoms with Crippen LogP contribution in [0.3, 0.4) is 0 Å². The molecule has 1 aliphatic rings. The molecule has 1 aliphatic heterocycles. The predicted molar refractivity (Wildman–Crippen MR) is 49.4 cm³/mol. The summed E-state index contributed by atoms with van der Waals surface area (Å²) in [5.74, 6) is 0.277. The van der Waals surface area contributed by atoms with E-state index in [1.807, 2.05) is 19.1 Å². The maximum Gasteiger partial charge on any atom is 0.146 e. The molecular formula is C10H13NO2. The van der Waals surface area contributed by atoms with Crippen LogP contribution in [0.4, 0.5) is 0 Å². The van der Waals surface area contributed by atoms with Crippen molar-refractivity contribution < 1.29 is 9.84 Å². The van der Waals surface area contributed by atoms with Crippen LogP contribution >= 0.6 is 0 Å². The van der Waals surface area contributed by atoms with Gasteiger partial charge in [-0.1, -0.05) is 18.2 Å². The van der Waals surface area contributed by atoms with E-state index in [4.69, 9.17) is 4.74 Å². The highest BCUT2D eigenvalue weighted by Crippen LogP contribution is 2.31. The van der Waals surface area contributed by atoms with Crippen molar-refractivity contribution in [2.45, 2.75) is 12.6 Å². The lowest BCUT2D eigenvalue weighted by atomic mass is 10.0. The zero-order chi connectivity index (χ0) is 9.31. The van der Waals surface area contributed by atoms with E-state index >= 15 is 0 Å². The standard InChI is InChI=1S/C10H13NO2/c1-10(11-6-7-13-10)8-4-2-3-5-9(8)12/h2-5,11-12H,6-7H2,1H3. The third-order valence-electron chi connectivity index (χ3n) is 2.37. The van der Waals surface area contributed by atoms with E-state index in [1.165, 1.54) is 0 Å². The number of para-hydroxylation sites is 1. The fourth-order valence-corrected chi connectivity index (χ4v) is 1.65. The lowest BCUT2D eigenvalue weighted by Crippen LogP contribution is -2.34. The molecule has 1 aromatic carbocycles. The molecule has 3 heteroatoms. The highest BCUT2D eigenvalue weighted by molar-refractivity contribution is 5.36. The van der Waals surface area contributed by atoms with Crippen LogP contribution in [0.5, 0.6) is 5.75 Å². The topological polar surface area (TPSA) is 41.5 Å². The molecule has 70 valence electrons. The van der Waals surface area contributed by atoms with E-state index in [-0.39, 0.29) is 5.75 Å². The van der Waals surface area contributed by atoms with E-state index in [0.29, 0.717) is 6.61 Å². The molecule has 0 spiro atoms. The van der Waals surface area contributed by atoms with Crippen LogP contribution in [0.15, 0.2) is 24.3 Å². The molecule has 1 heterocycles. The number of phenols is 1. The second-order valence-corrected chi connectivity index (χ2v) is 3.33. The van der Waals surface area contributed by atoms with Crippen molar-refractivity contribution in [1.29, 1.82) is 0 Å². The molecule has 1 fully saturated rings. The first-order valence-electron chi connectivity index (χ1n) is 4.40. The monoisotopic (exact) mass is 179 g/mol. The molecule has 1 saturated heterocycles. The molecule has 0 bridgehead atoms. The van der Waals surface area contributed by atoms with E-state index in [1.54, 1.807) is 12.1 Å². The quantitative estimate of drug-likeness (QED) is 0.680. The van der Waals surface area contributed by atoms with Crippen LogP contribution < -0.4 is 5.32 Å². The average molecular weight is 179 g/mol. The summed E-state index contributed by atoms with van der Waals surface area (Å²) >= 11 is 0. The Kier molecular flexibility index (Phi) is 1.98. The van der Waals surface area contributed by atoms with Crippen LogP contribution in [-0.4, -0.2) is 18.3 Å². The van der Waals surface area contributed by atoms with Gasteiger partial charge >= 0.3 is 0 Å². The molecule has 2 rings (SSSR count). The molecule has 0 amide bonds. The number of nitrogens with one attached hydrogen (secondary N) is 1. The van der Waals surface area contributed by atoms with Crippen LogP contribution in [0, 0.1) is 0 Å². The Hall–Kier alpha value is -1.06. The van der Waals surface area contributed by atoms with Gasteiger partial charge in [0.1, 0.15) is 11.5 Å². The Labute approximate surface area is 77.3 Å². The van der Waals surface area contributed by atoms with Crippen LogP contribution in [-0.2, 0) is 10.5 Å². The van der Waals surface area contributed by atoms with Crippen LogP contribution in [0.2, 0.25) is 0 Å². The van der Waals surface area contributed by atoms with Gasteiger partial charge in [-0.25, -0.2) is 0 Å². The molecular weight excluding hydrogens is 166 g/mol. The number of hydrogen-bond donors (Lipinski definition) is 2. The zero-order valence-electron chi connectivity index (χ0n) is 7.58. The van der Waals surface area contributed by atoms with Crippen molar-refractivity contribution in [3.05, 3.63) is 29.8 Å². The lowest BCUT2D eigenvalue weighted by Gasteiger charge is -2.24. The minimum absolute atomic E-state index is 0.277. The van der Waals surface area contributed by atoms with Gasteiger partial charge in [0.2, 0.25) is 0 Å². The van der Waals surface area contributed by atoms with Gasteiger partial charge in [-0.05, 0) is 13.0 Å². The van der Waals surface area contributed by atoms with Gasteiger partial charge in [0.25, 0.3) is 0 Å². The number of benzene rings is 1. The van der Waals surface area contributed by atoms with Gasteiger partial charge in [-0.2, -0.15) is 0 Å². The largest absolute Gasteiger partial charge is 0.508 e. The van der Waals surface area contributed by atoms with Crippen molar-refractivity contribution in [3.8, 4) is 5.75 Å². The number of ether oxygens (including phenoxy) is 1. The Morgan fingerprint density at radius 1 is 1.46 bits per heavy atom. The normalized spacial score (nSPS) is 27.8. The highest BCUT2D eigenvalue weighted by Gasteiger charge is 2.33. The Balaban J connectivity index is 2.39. The summed E-state index contributed by atoms with van der Waals surface area (Å²) in [7, 11) is 0. The molecule has 3 nitrogen and oxygen atoms in total. The second kappa shape index (κ2) is 3.01. The van der Waals surface area contributed by atoms with E-state index in [9.17, 15) is 5.11 Å². The van der Waals surface area contributed by atoms with E-state index in [2.05, 4.69) is 5.32 Å². The maximum absolute atomic E-state index is 9.62. The fourth-order valence-electron chi connectivity index (χ4n) is 1.65. The molecule has 1 atom stereocenters. The predicted octanol–water partition coefficient (Wildman–Crippen LogP) is 1.18. The van der Waals surface area contributed by atoms with Gasteiger partial charge < -0.3 is 9.84 Å². The van der Waals surface area contributed by atoms with Crippen molar-refractivity contribution in [2.75, 3.05) is 13.2 Å². The molecule has 2 N–H and O–H groups in total. The molecule has 1 aromatic rings. The minimum Gasteiger partial charge on any atom is -0.508 e. The molecule has 0 saturated carbocycles. The lowest BCUT2D eigenvalue weighted by molar-refractivity contribution is 0.000725. The SMILES string of the molecule is CC1(c2ccccc2O)NCCO1. The van der Waals surface area contributed by atoms with Crippen molar-refractivity contribution >= 4 is 0 Å². The van der Waals surface area contributed by atoms with E-state index < -0.39 is 5.72 Å². The molecule has 0 aliphatic carbocycles. The smallest absolute Gasteiger partial charge is 0.146 e. The minimum atomic E-state index is -0.522. The molecule has 0 aromatic heterocycles. The third kappa shape index (κ3) is 1.41. The number of hydrogen-bond acceptors (Lipinski definition) is 3. The average Bonchev–Trinajstić information content (AvgIpc) is 2.54. The zero-order valence-corrected chi connectivity index (χ0v) is 7.58. The Morgan fingerprint density at radius 3 is 2.85 bits per heavy atom. The van der Waals surface area contributed by atoms with Crippen LogP contribution in [0.1, 0.15) is 12.5 Å². The van der Waals surface area contributed by atoms with Crippen LogP contribution in [0.25, 0.3) is 0 Å². The van der Waals surface area contributed by atoms with Gasteiger partial charge in [0, 0.05) is 12.1 Å². The van der Waals surface area contributed by atoms with Crippen molar-refractivity contribution in [3.63, 3.8) is 0 Å². The maximum atomic E-state index is 9.62. The molecule has 0 radical (unpaired) electrons. The fraction of sp³-hybridized carbons (Fsp3) is 0.400. The second-order valence-electron chi connectivity index (χ2n) is 3.33. The first-order valence-corrected chi connectivity index (χ1v) is 4.40. The summed E-state index contributed by atoms with van der Waals surface area (Å²) in [6, 6.07) is 7.23. The summed E-state index contributed by atoms with van der Waals surface area (Å²) in [5.41, 5.74) is 0.276. The van der Waals surface area contributed by atoms with Gasteiger partial charge in [-0.3, -0.25) is 5.32 Å². The summed E-state index contributed by atoms with van der Waals surface area (Å²) in [5, 5.41) is 12.8. The highest BCUT2D eigenvalue weighted by atomic mass is 16.5. The van der Waals surface area contributed by atoms with Gasteiger partial charge in [0.05, 0.1) is 6.61 Å².